The Labute approximate surface area is 166 Å². The Kier molecular flexibility index (Phi) is 4.63. The molecule has 6 nitrogen and oxygen atoms in total. The van der Waals surface area contributed by atoms with Gasteiger partial charge in [0.15, 0.2) is 0 Å². The minimum absolute atomic E-state index is 0.132. The molecule has 150 valence electrons. The van der Waals surface area contributed by atoms with E-state index in [1.807, 2.05) is 0 Å². The van der Waals surface area contributed by atoms with Crippen molar-refractivity contribution in [3.05, 3.63) is 29.3 Å². The van der Waals surface area contributed by atoms with Gasteiger partial charge in [0.2, 0.25) is 11.8 Å². The molecule has 1 aromatic rings. The first-order valence-corrected chi connectivity index (χ1v) is 10.8. The van der Waals surface area contributed by atoms with Crippen LogP contribution in [-0.4, -0.2) is 48.9 Å². The van der Waals surface area contributed by atoms with E-state index in [1.165, 1.54) is 55.6 Å². The van der Waals surface area contributed by atoms with Crippen molar-refractivity contribution in [2.75, 3.05) is 31.1 Å². The Morgan fingerprint density at radius 3 is 2.46 bits per heavy atom. The average Bonchev–Trinajstić information content (AvgIpc) is 3.12. The molecule has 0 aromatic heterocycles. The lowest BCUT2D eigenvalue weighted by molar-refractivity contribution is -0.137. The fourth-order valence-electron chi connectivity index (χ4n) is 5.55. The zero-order valence-corrected chi connectivity index (χ0v) is 16.5. The summed E-state index contributed by atoms with van der Waals surface area (Å²) in [4.78, 5) is 28.4. The van der Waals surface area contributed by atoms with Gasteiger partial charge in [0.05, 0.1) is 6.04 Å². The van der Waals surface area contributed by atoms with E-state index in [9.17, 15) is 9.59 Å². The molecule has 3 saturated heterocycles. The third kappa shape index (κ3) is 3.33. The molecule has 28 heavy (non-hydrogen) atoms. The summed E-state index contributed by atoms with van der Waals surface area (Å²) in [5.41, 5.74) is 4.55. The molecule has 0 radical (unpaired) electrons. The van der Waals surface area contributed by atoms with E-state index >= 15 is 0 Å². The number of carbonyl (C=O) groups excluding carboxylic acids is 2. The summed E-state index contributed by atoms with van der Waals surface area (Å²) in [6, 6.07) is 6.66. The standard InChI is InChI=1S/C22H30N4O2/c27-20-4-3-19(21(28)24-20)26-14-16-1-2-18(13-17(16)15-26)25-11-7-22(8-12-25)5-9-23-10-6-22/h1-2,13,19,23H,3-12,14-15H2,(H,24,27,28). The molecule has 3 fully saturated rings. The van der Waals surface area contributed by atoms with E-state index in [2.05, 4.69) is 38.6 Å². The predicted molar refractivity (Wildman–Crippen MR) is 108 cm³/mol. The summed E-state index contributed by atoms with van der Waals surface area (Å²) in [6.45, 7) is 6.26. The summed E-state index contributed by atoms with van der Waals surface area (Å²) in [5, 5.41) is 5.99. The molecule has 4 aliphatic rings. The number of hydrogen-bond donors (Lipinski definition) is 2. The van der Waals surface area contributed by atoms with Gasteiger partial charge >= 0.3 is 0 Å². The normalized spacial score (nSPS) is 27.7. The van der Waals surface area contributed by atoms with E-state index in [4.69, 9.17) is 0 Å². The fraction of sp³-hybridized carbons (Fsp3) is 0.636. The molecule has 6 heteroatoms. The molecule has 1 unspecified atom stereocenters. The van der Waals surface area contributed by atoms with Gasteiger partial charge in [-0.15, -0.1) is 0 Å². The SMILES string of the molecule is O=C1CCC(N2Cc3ccc(N4CCC5(CCNCC5)CC4)cc3C2)C(=O)N1. The van der Waals surface area contributed by atoms with Crippen LogP contribution in [0.4, 0.5) is 5.69 Å². The predicted octanol–water partition coefficient (Wildman–Crippen LogP) is 1.78. The second-order valence-corrected chi connectivity index (χ2v) is 9.06. The maximum atomic E-state index is 12.2. The minimum Gasteiger partial charge on any atom is -0.371 e. The summed E-state index contributed by atoms with van der Waals surface area (Å²) >= 11 is 0. The van der Waals surface area contributed by atoms with Gasteiger partial charge in [-0.3, -0.25) is 19.8 Å². The van der Waals surface area contributed by atoms with Crippen LogP contribution >= 0.6 is 0 Å². The van der Waals surface area contributed by atoms with Crippen molar-refractivity contribution in [2.45, 2.75) is 57.7 Å². The van der Waals surface area contributed by atoms with Crippen LogP contribution < -0.4 is 15.5 Å². The maximum Gasteiger partial charge on any atom is 0.243 e. The zero-order chi connectivity index (χ0) is 19.1. The molecular weight excluding hydrogens is 352 g/mol. The van der Waals surface area contributed by atoms with Gasteiger partial charge in [-0.05, 0) is 73.9 Å². The number of benzene rings is 1. The van der Waals surface area contributed by atoms with E-state index in [0.717, 1.165) is 26.2 Å². The topological polar surface area (TPSA) is 64.7 Å². The van der Waals surface area contributed by atoms with Gasteiger partial charge in [0.1, 0.15) is 0 Å². The number of amides is 2. The van der Waals surface area contributed by atoms with Crippen molar-refractivity contribution in [2.24, 2.45) is 5.41 Å². The Bertz CT molecular complexity index is 777. The molecule has 2 N–H and O–H groups in total. The highest BCUT2D eigenvalue weighted by Crippen LogP contribution is 2.41. The van der Waals surface area contributed by atoms with E-state index in [0.29, 0.717) is 18.3 Å². The quantitative estimate of drug-likeness (QED) is 0.764. The Morgan fingerprint density at radius 2 is 1.71 bits per heavy atom. The van der Waals surface area contributed by atoms with Crippen molar-refractivity contribution < 1.29 is 9.59 Å². The van der Waals surface area contributed by atoms with Crippen molar-refractivity contribution in [1.82, 2.24) is 15.5 Å². The van der Waals surface area contributed by atoms with Crippen LogP contribution in [0.25, 0.3) is 0 Å². The number of fused-ring (bicyclic) bond motifs is 1. The lowest BCUT2D eigenvalue weighted by Gasteiger charge is -2.45. The van der Waals surface area contributed by atoms with Gasteiger partial charge in [-0.1, -0.05) is 6.07 Å². The largest absolute Gasteiger partial charge is 0.371 e. The van der Waals surface area contributed by atoms with Crippen LogP contribution in [0.2, 0.25) is 0 Å². The minimum atomic E-state index is -0.177. The molecule has 4 heterocycles. The number of nitrogens with zero attached hydrogens (tertiary/aromatic N) is 2. The molecule has 1 aromatic carbocycles. The van der Waals surface area contributed by atoms with Crippen molar-refractivity contribution in [1.29, 1.82) is 0 Å². The monoisotopic (exact) mass is 382 g/mol. The second-order valence-electron chi connectivity index (χ2n) is 9.06. The molecule has 0 aliphatic carbocycles. The Hall–Kier alpha value is -1.92. The first kappa shape index (κ1) is 18.1. The van der Waals surface area contributed by atoms with Crippen LogP contribution in [0.15, 0.2) is 18.2 Å². The molecule has 2 amide bonds. The van der Waals surface area contributed by atoms with E-state index < -0.39 is 0 Å². The highest BCUT2D eigenvalue weighted by atomic mass is 16.2. The van der Waals surface area contributed by atoms with E-state index in [1.54, 1.807) is 0 Å². The van der Waals surface area contributed by atoms with Crippen LogP contribution in [0.5, 0.6) is 0 Å². The smallest absolute Gasteiger partial charge is 0.243 e. The molecule has 4 aliphatic heterocycles. The third-order valence-corrected chi connectivity index (χ3v) is 7.44. The first-order valence-electron chi connectivity index (χ1n) is 10.8. The van der Waals surface area contributed by atoms with Crippen LogP contribution in [-0.2, 0) is 22.7 Å². The lowest BCUT2D eigenvalue weighted by atomic mass is 9.71. The van der Waals surface area contributed by atoms with Gasteiger partial charge in [-0.2, -0.15) is 0 Å². The summed E-state index contributed by atoms with van der Waals surface area (Å²) < 4.78 is 0. The van der Waals surface area contributed by atoms with Crippen molar-refractivity contribution >= 4 is 17.5 Å². The van der Waals surface area contributed by atoms with Crippen molar-refractivity contribution in [3.63, 3.8) is 0 Å². The molecule has 0 saturated carbocycles. The van der Waals surface area contributed by atoms with Gasteiger partial charge in [0.25, 0.3) is 0 Å². The summed E-state index contributed by atoms with van der Waals surface area (Å²) in [6.07, 6.45) is 6.33. The van der Waals surface area contributed by atoms with Crippen LogP contribution in [0.1, 0.15) is 49.7 Å². The second kappa shape index (κ2) is 7.16. The average molecular weight is 383 g/mol. The highest BCUT2D eigenvalue weighted by Gasteiger charge is 2.37. The number of hydrogen-bond acceptors (Lipinski definition) is 5. The number of anilines is 1. The fourth-order valence-corrected chi connectivity index (χ4v) is 5.55. The summed E-state index contributed by atoms with van der Waals surface area (Å²) in [5.74, 6) is -0.274. The van der Waals surface area contributed by atoms with Crippen LogP contribution in [0, 0.1) is 5.41 Å². The van der Waals surface area contributed by atoms with Crippen molar-refractivity contribution in [3.8, 4) is 0 Å². The Morgan fingerprint density at radius 1 is 0.964 bits per heavy atom. The number of nitrogens with one attached hydrogen (secondary N) is 2. The zero-order valence-electron chi connectivity index (χ0n) is 16.5. The van der Waals surface area contributed by atoms with E-state index in [-0.39, 0.29) is 17.9 Å². The Balaban J connectivity index is 1.25. The molecule has 1 spiro atoms. The molecule has 0 bridgehead atoms. The van der Waals surface area contributed by atoms with Gasteiger partial charge < -0.3 is 10.2 Å². The molecular formula is C22H30N4O2. The number of carbonyl (C=O) groups is 2. The third-order valence-electron chi connectivity index (χ3n) is 7.44. The van der Waals surface area contributed by atoms with Gasteiger partial charge in [0, 0.05) is 38.3 Å². The van der Waals surface area contributed by atoms with Gasteiger partial charge in [-0.25, -0.2) is 0 Å². The first-order chi connectivity index (χ1) is 13.6. The maximum absolute atomic E-state index is 12.2. The highest BCUT2D eigenvalue weighted by molar-refractivity contribution is 6.00. The number of imide groups is 1. The number of piperidine rings is 3. The molecule has 5 rings (SSSR count). The number of rotatable bonds is 2. The molecule has 1 atom stereocenters. The van der Waals surface area contributed by atoms with Crippen LogP contribution in [0.3, 0.4) is 0 Å². The lowest BCUT2D eigenvalue weighted by Crippen LogP contribution is -2.50. The summed E-state index contributed by atoms with van der Waals surface area (Å²) in [7, 11) is 0.